The molecule has 1 unspecified atom stereocenters. The molecule has 0 N–H and O–H groups in total. The lowest BCUT2D eigenvalue weighted by molar-refractivity contribution is 0.104. The molecule has 0 aliphatic carbocycles. The van der Waals surface area contributed by atoms with Crippen LogP contribution in [0, 0.1) is 0 Å². The number of ether oxygens (including phenoxy) is 1. The summed E-state index contributed by atoms with van der Waals surface area (Å²) < 4.78 is 5.94. The van der Waals surface area contributed by atoms with Gasteiger partial charge in [0.1, 0.15) is 6.10 Å². The Balaban J connectivity index is 2.42. The van der Waals surface area contributed by atoms with Crippen molar-refractivity contribution >= 4 is 6.08 Å². The van der Waals surface area contributed by atoms with Crippen LogP contribution in [0.3, 0.4) is 0 Å². The normalized spacial score (nSPS) is 11.8. The van der Waals surface area contributed by atoms with Crippen LogP contribution in [0.15, 0.2) is 73.8 Å². The fourth-order valence-corrected chi connectivity index (χ4v) is 2.09. The zero-order valence-corrected chi connectivity index (χ0v) is 11.0. The van der Waals surface area contributed by atoms with Gasteiger partial charge in [0.2, 0.25) is 0 Å². The Labute approximate surface area is 114 Å². The van der Waals surface area contributed by atoms with Gasteiger partial charge in [-0.05, 0) is 16.7 Å². The molecule has 2 aromatic carbocycles. The number of hydrogen-bond acceptors (Lipinski definition) is 1. The van der Waals surface area contributed by atoms with E-state index in [0.717, 1.165) is 16.7 Å². The van der Waals surface area contributed by atoms with Crippen molar-refractivity contribution in [1.29, 1.82) is 0 Å². The van der Waals surface area contributed by atoms with Gasteiger partial charge in [0, 0.05) is 0 Å². The smallest absolute Gasteiger partial charge is 0.109 e. The van der Waals surface area contributed by atoms with E-state index in [2.05, 4.69) is 37.4 Å². The summed E-state index contributed by atoms with van der Waals surface area (Å²) in [6.45, 7) is 8.11. The SMILES string of the molecule is C=CCOC(c1ccccc1)c1ccccc1C=C. The summed E-state index contributed by atoms with van der Waals surface area (Å²) in [4.78, 5) is 0. The fourth-order valence-electron chi connectivity index (χ4n) is 2.09. The standard InChI is InChI=1S/C18H18O/c1-3-14-19-18(16-11-6-5-7-12-16)17-13-9-8-10-15(17)4-2/h3-13,18H,1-2,14H2. The van der Waals surface area contributed by atoms with E-state index in [1.54, 1.807) is 6.08 Å². The van der Waals surface area contributed by atoms with Crippen LogP contribution in [0.25, 0.3) is 6.08 Å². The molecule has 0 aromatic heterocycles. The third-order valence-electron chi connectivity index (χ3n) is 2.98. The van der Waals surface area contributed by atoms with E-state index < -0.39 is 0 Å². The quantitative estimate of drug-likeness (QED) is 0.680. The molecule has 1 atom stereocenters. The largest absolute Gasteiger partial charge is 0.365 e. The van der Waals surface area contributed by atoms with Crippen LogP contribution in [0.5, 0.6) is 0 Å². The van der Waals surface area contributed by atoms with Crippen molar-refractivity contribution < 1.29 is 4.74 Å². The highest BCUT2D eigenvalue weighted by atomic mass is 16.5. The number of rotatable bonds is 6. The predicted molar refractivity (Wildman–Crippen MR) is 81.0 cm³/mol. The van der Waals surface area contributed by atoms with Crippen molar-refractivity contribution in [3.05, 3.63) is 90.5 Å². The lowest BCUT2D eigenvalue weighted by Crippen LogP contribution is -2.08. The Morgan fingerprint density at radius 1 is 0.947 bits per heavy atom. The van der Waals surface area contributed by atoms with Crippen molar-refractivity contribution in [1.82, 2.24) is 0 Å². The summed E-state index contributed by atoms with van der Waals surface area (Å²) in [5.74, 6) is 0. The third kappa shape index (κ3) is 3.21. The average Bonchev–Trinajstić information content (AvgIpc) is 2.49. The molecule has 0 heterocycles. The lowest BCUT2D eigenvalue weighted by Gasteiger charge is -2.20. The fraction of sp³-hybridized carbons (Fsp3) is 0.111. The second-order valence-electron chi connectivity index (χ2n) is 4.25. The Morgan fingerprint density at radius 3 is 2.32 bits per heavy atom. The van der Waals surface area contributed by atoms with Crippen LogP contribution in [-0.4, -0.2) is 6.61 Å². The third-order valence-corrected chi connectivity index (χ3v) is 2.98. The van der Waals surface area contributed by atoms with E-state index in [-0.39, 0.29) is 6.10 Å². The second kappa shape index (κ2) is 6.72. The van der Waals surface area contributed by atoms with Gasteiger partial charge >= 0.3 is 0 Å². The summed E-state index contributed by atoms with van der Waals surface area (Å²) in [6, 6.07) is 18.4. The van der Waals surface area contributed by atoms with Gasteiger partial charge in [0.15, 0.2) is 0 Å². The van der Waals surface area contributed by atoms with E-state index in [1.807, 2.05) is 36.4 Å². The van der Waals surface area contributed by atoms with Gasteiger partial charge in [0.05, 0.1) is 6.61 Å². The van der Waals surface area contributed by atoms with E-state index in [9.17, 15) is 0 Å². The van der Waals surface area contributed by atoms with Crippen LogP contribution >= 0.6 is 0 Å². The molecule has 0 aliphatic heterocycles. The lowest BCUT2D eigenvalue weighted by atomic mass is 9.96. The van der Waals surface area contributed by atoms with E-state index in [0.29, 0.717) is 6.61 Å². The Morgan fingerprint density at radius 2 is 1.63 bits per heavy atom. The Hall–Kier alpha value is -2.12. The minimum atomic E-state index is -0.0894. The van der Waals surface area contributed by atoms with Gasteiger partial charge in [-0.2, -0.15) is 0 Å². The molecule has 1 heteroatoms. The maximum Gasteiger partial charge on any atom is 0.109 e. The maximum absolute atomic E-state index is 5.94. The minimum absolute atomic E-state index is 0.0894. The van der Waals surface area contributed by atoms with Crippen molar-refractivity contribution in [2.75, 3.05) is 6.61 Å². The zero-order valence-electron chi connectivity index (χ0n) is 11.0. The van der Waals surface area contributed by atoms with Crippen LogP contribution in [0.1, 0.15) is 22.8 Å². The van der Waals surface area contributed by atoms with Gasteiger partial charge in [-0.3, -0.25) is 0 Å². The summed E-state index contributed by atoms with van der Waals surface area (Å²) in [6.07, 6.45) is 3.54. The van der Waals surface area contributed by atoms with Crippen LogP contribution < -0.4 is 0 Å². The topological polar surface area (TPSA) is 9.23 Å². The molecule has 0 saturated carbocycles. The first kappa shape index (κ1) is 13.3. The minimum Gasteiger partial charge on any atom is -0.365 e. The molecule has 2 rings (SSSR count). The molecule has 1 nitrogen and oxygen atoms in total. The van der Waals surface area contributed by atoms with Gasteiger partial charge in [-0.15, -0.1) is 6.58 Å². The van der Waals surface area contributed by atoms with E-state index in [1.165, 1.54) is 0 Å². The first-order valence-electron chi connectivity index (χ1n) is 6.35. The first-order valence-corrected chi connectivity index (χ1v) is 6.35. The molecule has 0 spiro atoms. The first-order chi connectivity index (χ1) is 9.36. The van der Waals surface area contributed by atoms with Crippen molar-refractivity contribution in [2.24, 2.45) is 0 Å². The highest BCUT2D eigenvalue weighted by Gasteiger charge is 2.16. The van der Waals surface area contributed by atoms with Crippen LogP contribution in [0.2, 0.25) is 0 Å². The molecule has 0 radical (unpaired) electrons. The molecule has 0 saturated heterocycles. The van der Waals surface area contributed by atoms with Crippen molar-refractivity contribution in [3.63, 3.8) is 0 Å². The maximum atomic E-state index is 5.94. The highest BCUT2D eigenvalue weighted by Crippen LogP contribution is 2.29. The van der Waals surface area contributed by atoms with Gasteiger partial charge < -0.3 is 4.74 Å². The molecule has 0 aliphatic rings. The van der Waals surface area contributed by atoms with Gasteiger partial charge in [-0.1, -0.05) is 73.3 Å². The number of benzene rings is 2. The van der Waals surface area contributed by atoms with Gasteiger partial charge in [-0.25, -0.2) is 0 Å². The molecule has 0 amide bonds. The molecular formula is C18H18O. The van der Waals surface area contributed by atoms with Crippen LogP contribution in [0.4, 0.5) is 0 Å². The molecule has 19 heavy (non-hydrogen) atoms. The average molecular weight is 250 g/mol. The summed E-state index contributed by atoms with van der Waals surface area (Å²) in [5, 5.41) is 0. The summed E-state index contributed by atoms with van der Waals surface area (Å²) in [7, 11) is 0. The molecule has 0 fully saturated rings. The predicted octanol–water partition coefficient (Wildman–Crippen LogP) is 4.62. The Kier molecular flexibility index (Phi) is 4.71. The summed E-state index contributed by atoms with van der Waals surface area (Å²) >= 11 is 0. The van der Waals surface area contributed by atoms with Crippen LogP contribution in [-0.2, 0) is 4.74 Å². The van der Waals surface area contributed by atoms with E-state index >= 15 is 0 Å². The van der Waals surface area contributed by atoms with E-state index in [4.69, 9.17) is 4.74 Å². The molecule has 96 valence electrons. The zero-order chi connectivity index (χ0) is 13.5. The molecule has 0 bridgehead atoms. The molecular weight excluding hydrogens is 232 g/mol. The summed E-state index contributed by atoms with van der Waals surface area (Å²) in [5.41, 5.74) is 3.37. The van der Waals surface area contributed by atoms with Crippen molar-refractivity contribution in [3.8, 4) is 0 Å². The molecule has 2 aromatic rings. The monoisotopic (exact) mass is 250 g/mol. The van der Waals surface area contributed by atoms with Gasteiger partial charge in [0.25, 0.3) is 0 Å². The Bertz CT molecular complexity index is 543. The highest BCUT2D eigenvalue weighted by molar-refractivity contribution is 5.54. The van der Waals surface area contributed by atoms with Crippen molar-refractivity contribution in [2.45, 2.75) is 6.10 Å². The second-order valence-corrected chi connectivity index (χ2v) is 4.25. The number of hydrogen-bond donors (Lipinski definition) is 0.